The van der Waals surface area contributed by atoms with Gasteiger partial charge in [-0.2, -0.15) is 0 Å². The van der Waals surface area contributed by atoms with E-state index in [0.717, 1.165) is 50.7 Å². The van der Waals surface area contributed by atoms with E-state index in [-0.39, 0.29) is 0 Å². The molecule has 0 saturated carbocycles. The van der Waals surface area contributed by atoms with Gasteiger partial charge in [-0.3, -0.25) is 0 Å². The molecule has 0 aliphatic heterocycles. The lowest BCUT2D eigenvalue weighted by Gasteiger charge is -2.19. The number of allylic oxidation sites excluding steroid dienone is 1. The third kappa shape index (κ3) is 4.66. The van der Waals surface area contributed by atoms with Gasteiger partial charge in [-0.05, 0) is 47.9 Å². The Labute approximate surface area is 288 Å². The molecule has 1 aliphatic rings. The number of hydrogen-bond donors (Lipinski definition) is 0. The molecule has 1 atom stereocenters. The SMILES string of the molecule is C1=CC(c2ccccc2)Cc2c1n(-c1ccc3c(c1)oc1cccc(-c4nc(-c5ccccc5)nc(-c5ccccc5)n4)c13)c1ccccc21. The molecule has 0 radical (unpaired) electrons. The molecule has 0 N–H and O–H groups in total. The highest BCUT2D eigenvalue weighted by Gasteiger charge is 2.24. The van der Waals surface area contributed by atoms with E-state index in [1.165, 1.54) is 27.7 Å². The highest BCUT2D eigenvalue weighted by Crippen LogP contribution is 2.41. The average Bonchev–Trinajstić information content (AvgIpc) is 3.74. The van der Waals surface area contributed by atoms with Gasteiger partial charge in [0.25, 0.3) is 0 Å². The molecule has 9 aromatic rings. The zero-order valence-corrected chi connectivity index (χ0v) is 27.1. The zero-order valence-electron chi connectivity index (χ0n) is 27.1. The Balaban J connectivity index is 1.13. The van der Waals surface area contributed by atoms with Crippen LogP contribution < -0.4 is 0 Å². The van der Waals surface area contributed by atoms with Crippen LogP contribution in [0, 0.1) is 0 Å². The number of furan rings is 1. The molecule has 3 aromatic heterocycles. The minimum Gasteiger partial charge on any atom is -0.456 e. The largest absolute Gasteiger partial charge is 0.456 e. The molecule has 1 aliphatic carbocycles. The number of nitrogens with zero attached hydrogens (tertiary/aromatic N) is 4. The molecule has 10 rings (SSSR count). The van der Waals surface area contributed by atoms with Gasteiger partial charge in [-0.25, -0.2) is 15.0 Å². The standard InChI is InChI=1S/C45H30N4O/c1-4-13-29(14-5-1)32-23-26-39-37(27-32)34-19-10-11-21-38(34)49(39)33-24-25-35-41(28-33)50-40-22-12-20-36(42(35)40)45-47-43(30-15-6-2-7-16-30)46-44(48-45)31-17-8-3-9-18-31/h1-26,28,32H,27H2. The second-order valence-electron chi connectivity index (χ2n) is 12.8. The molecular weight excluding hydrogens is 613 g/mol. The van der Waals surface area contributed by atoms with Gasteiger partial charge < -0.3 is 8.98 Å². The maximum absolute atomic E-state index is 6.61. The number of hydrogen-bond acceptors (Lipinski definition) is 4. The van der Waals surface area contributed by atoms with Gasteiger partial charge in [0.2, 0.25) is 0 Å². The molecule has 3 heterocycles. The van der Waals surface area contributed by atoms with E-state index in [2.05, 4.69) is 95.6 Å². The van der Waals surface area contributed by atoms with E-state index in [4.69, 9.17) is 19.4 Å². The van der Waals surface area contributed by atoms with Crippen LogP contribution in [0.5, 0.6) is 0 Å². The van der Waals surface area contributed by atoms with Gasteiger partial charge in [0.15, 0.2) is 17.5 Å². The van der Waals surface area contributed by atoms with E-state index >= 15 is 0 Å². The first kappa shape index (κ1) is 28.4. The van der Waals surface area contributed by atoms with Crippen molar-refractivity contribution in [2.24, 2.45) is 0 Å². The summed E-state index contributed by atoms with van der Waals surface area (Å²) in [6, 6.07) is 52.3. The molecule has 0 fully saturated rings. The number of para-hydroxylation sites is 1. The van der Waals surface area contributed by atoms with Crippen LogP contribution in [0.1, 0.15) is 22.7 Å². The van der Waals surface area contributed by atoms with Crippen molar-refractivity contribution in [1.29, 1.82) is 0 Å². The van der Waals surface area contributed by atoms with Crippen LogP contribution in [0.25, 0.3) is 78.8 Å². The lowest BCUT2D eigenvalue weighted by Crippen LogP contribution is -2.07. The van der Waals surface area contributed by atoms with Crippen molar-refractivity contribution < 1.29 is 4.42 Å². The van der Waals surface area contributed by atoms with Gasteiger partial charge in [-0.15, -0.1) is 0 Å². The Morgan fingerprint density at radius 2 is 1.22 bits per heavy atom. The predicted octanol–water partition coefficient (Wildman–Crippen LogP) is 11.1. The van der Waals surface area contributed by atoms with Crippen molar-refractivity contribution in [3.8, 4) is 39.9 Å². The summed E-state index contributed by atoms with van der Waals surface area (Å²) in [5, 5.41) is 3.30. The van der Waals surface area contributed by atoms with Crippen molar-refractivity contribution in [1.82, 2.24) is 19.5 Å². The van der Waals surface area contributed by atoms with Gasteiger partial charge in [-0.1, -0.05) is 127 Å². The van der Waals surface area contributed by atoms with Crippen LogP contribution in [0.2, 0.25) is 0 Å². The molecule has 0 amide bonds. The van der Waals surface area contributed by atoms with Crippen molar-refractivity contribution in [2.75, 3.05) is 0 Å². The van der Waals surface area contributed by atoms with E-state index < -0.39 is 0 Å². The average molecular weight is 643 g/mol. The van der Waals surface area contributed by atoms with Crippen LogP contribution in [0.4, 0.5) is 0 Å². The first-order valence-electron chi connectivity index (χ1n) is 17.0. The summed E-state index contributed by atoms with van der Waals surface area (Å²) >= 11 is 0. The van der Waals surface area contributed by atoms with Gasteiger partial charge in [0, 0.05) is 56.2 Å². The minimum atomic E-state index is 0.347. The first-order valence-corrected chi connectivity index (χ1v) is 17.0. The van der Waals surface area contributed by atoms with Crippen molar-refractivity contribution in [3.05, 3.63) is 175 Å². The lowest BCUT2D eigenvalue weighted by atomic mass is 9.87. The molecule has 5 heteroatoms. The van der Waals surface area contributed by atoms with Crippen molar-refractivity contribution >= 4 is 38.9 Å². The maximum Gasteiger partial charge on any atom is 0.164 e. The van der Waals surface area contributed by atoms with E-state index in [0.29, 0.717) is 23.4 Å². The van der Waals surface area contributed by atoms with Crippen LogP contribution in [-0.4, -0.2) is 19.5 Å². The summed E-state index contributed by atoms with van der Waals surface area (Å²) in [5.41, 5.74) is 10.6. The fourth-order valence-corrected chi connectivity index (χ4v) is 7.49. The number of rotatable bonds is 5. The summed E-state index contributed by atoms with van der Waals surface area (Å²) in [5.74, 6) is 2.22. The summed E-state index contributed by atoms with van der Waals surface area (Å²) in [6.45, 7) is 0. The Bertz CT molecular complexity index is 2670. The molecule has 0 bridgehead atoms. The molecule has 5 nitrogen and oxygen atoms in total. The van der Waals surface area contributed by atoms with E-state index in [1.54, 1.807) is 0 Å². The molecule has 1 unspecified atom stereocenters. The minimum absolute atomic E-state index is 0.347. The maximum atomic E-state index is 6.61. The summed E-state index contributed by atoms with van der Waals surface area (Å²) < 4.78 is 8.99. The van der Waals surface area contributed by atoms with E-state index in [9.17, 15) is 0 Å². The fraction of sp³-hybridized carbons (Fsp3) is 0.0444. The third-order valence-electron chi connectivity index (χ3n) is 9.84. The first-order chi connectivity index (χ1) is 24.8. The van der Waals surface area contributed by atoms with Crippen LogP contribution in [-0.2, 0) is 6.42 Å². The van der Waals surface area contributed by atoms with Gasteiger partial charge in [0.05, 0.1) is 5.52 Å². The molecule has 0 saturated heterocycles. The second kappa shape index (κ2) is 11.5. The molecule has 236 valence electrons. The normalized spacial score (nSPS) is 14.0. The molecule has 0 spiro atoms. The van der Waals surface area contributed by atoms with Crippen molar-refractivity contribution in [3.63, 3.8) is 0 Å². The Morgan fingerprint density at radius 1 is 0.560 bits per heavy atom. The summed E-state index contributed by atoms with van der Waals surface area (Å²) in [4.78, 5) is 15.0. The van der Waals surface area contributed by atoms with E-state index in [1.807, 2.05) is 72.8 Å². The number of aromatic nitrogens is 4. The molecule has 50 heavy (non-hydrogen) atoms. The monoisotopic (exact) mass is 642 g/mol. The van der Waals surface area contributed by atoms with Gasteiger partial charge >= 0.3 is 0 Å². The fourth-order valence-electron chi connectivity index (χ4n) is 7.49. The predicted molar refractivity (Wildman–Crippen MR) is 202 cm³/mol. The topological polar surface area (TPSA) is 56.7 Å². The smallest absolute Gasteiger partial charge is 0.164 e. The number of benzene rings is 6. The Morgan fingerprint density at radius 3 is 1.96 bits per heavy atom. The van der Waals surface area contributed by atoms with Gasteiger partial charge in [0.1, 0.15) is 11.2 Å². The lowest BCUT2D eigenvalue weighted by molar-refractivity contribution is 0.668. The zero-order chi connectivity index (χ0) is 33.0. The van der Waals surface area contributed by atoms with Crippen molar-refractivity contribution in [2.45, 2.75) is 12.3 Å². The third-order valence-corrected chi connectivity index (χ3v) is 9.84. The Hall–Kier alpha value is -6.59. The molecular formula is C45H30N4O. The highest BCUT2D eigenvalue weighted by molar-refractivity contribution is 6.12. The quantitative estimate of drug-likeness (QED) is 0.187. The molecule has 6 aromatic carbocycles. The second-order valence-corrected chi connectivity index (χ2v) is 12.8. The number of fused-ring (bicyclic) bond motifs is 6. The summed E-state index contributed by atoms with van der Waals surface area (Å²) in [7, 11) is 0. The summed E-state index contributed by atoms with van der Waals surface area (Å²) in [6.07, 6.45) is 5.61. The van der Waals surface area contributed by atoms with Crippen LogP contribution in [0.15, 0.2) is 162 Å². The van der Waals surface area contributed by atoms with Crippen LogP contribution in [0.3, 0.4) is 0 Å². The van der Waals surface area contributed by atoms with Crippen LogP contribution >= 0.6 is 0 Å². The Kier molecular flexibility index (Phi) is 6.56. The highest BCUT2D eigenvalue weighted by atomic mass is 16.3.